The lowest BCUT2D eigenvalue weighted by Gasteiger charge is -2.38. The van der Waals surface area contributed by atoms with Crippen LogP contribution < -0.4 is 15.0 Å². The molecule has 4 aliphatic rings. The second-order valence-electron chi connectivity index (χ2n) is 11.2. The van der Waals surface area contributed by atoms with Crippen molar-refractivity contribution >= 4 is 39.1 Å². The van der Waals surface area contributed by atoms with Gasteiger partial charge in [0.05, 0.1) is 11.6 Å². The average molecular weight is 562 g/mol. The quantitative estimate of drug-likeness (QED) is 0.278. The summed E-state index contributed by atoms with van der Waals surface area (Å²) in [5, 5.41) is 16.5. The van der Waals surface area contributed by atoms with Crippen LogP contribution in [0.4, 0.5) is 10.2 Å². The Morgan fingerprint density at radius 3 is 2.80 bits per heavy atom. The largest absolute Gasteiger partial charge is 0.508 e. The number of ether oxygens (including phenoxy) is 1. The molecule has 4 saturated heterocycles. The van der Waals surface area contributed by atoms with Crippen LogP contribution in [0.25, 0.3) is 32.8 Å². The number of halogens is 2. The molecule has 2 unspecified atom stereocenters. The lowest BCUT2D eigenvalue weighted by molar-refractivity contribution is 0.163. The van der Waals surface area contributed by atoms with E-state index in [0.717, 1.165) is 69.2 Å². The number of aromatic hydroxyl groups is 1. The van der Waals surface area contributed by atoms with Gasteiger partial charge in [-0.3, -0.25) is 0 Å². The number of nitrogens with zero attached hydrogens (tertiary/aromatic N) is 4. The van der Waals surface area contributed by atoms with Gasteiger partial charge in [0.15, 0.2) is 5.82 Å². The van der Waals surface area contributed by atoms with Gasteiger partial charge in [0.1, 0.15) is 17.1 Å². The first-order valence-corrected chi connectivity index (χ1v) is 14.7. The molecule has 1 aromatic heterocycles. The third kappa shape index (κ3) is 4.72. The molecule has 40 heavy (non-hydrogen) atoms. The minimum Gasteiger partial charge on any atom is -0.508 e. The first-order valence-electron chi connectivity index (χ1n) is 14.3. The van der Waals surface area contributed by atoms with Crippen molar-refractivity contribution in [3.05, 3.63) is 53.3 Å². The fourth-order valence-corrected chi connectivity index (χ4v) is 6.72. The van der Waals surface area contributed by atoms with Crippen LogP contribution in [0.15, 0.2) is 42.5 Å². The number of nitrogens with one attached hydrogen (secondary N) is 1. The highest BCUT2D eigenvalue weighted by Gasteiger charge is 2.34. The lowest BCUT2D eigenvalue weighted by atomic mass is 9.96. The normalized spacial score (nSPS) is 21.1. The van der Waals surface area contributed by atoms with Crippen LogP contribution in [0.5, 0.6) is 11.8 Å². The van der Waals surface area contributed by atoms with Gasteiger partial charge in [0, 0.05) is 42.7 Å². The zero-order chi connectivity index (χ0) is 27.2. The Labute approximate surface area is 237 Å². The van der Waals surface area contributed by atoms with Crippen molar-refractivity contribution < 1.29 is 14.2 Å². The standard InChI is InChI=1S/C31H33ClFN5O2/c32-26-16-25-29(28(33)27(26)24-15-22(39)14-19-6-1-2-9-23(19)24)35-31(40-13-5-12-37-10-4-11-37)36-30(25)38-18-20-7-3-8-21(38)17-34-20/h1-2,6,9,14-16,20-21,34,39H,3-5,7-8,10-13,17-18H2. The first-order chi connectivity index (χ1) is 19.5. The van der Waals surface area contributed by atoms with Gasteiger partial charge in [-0.1, -0.05) is 35.9 Å². The van der Waals surface area contributed by atoms with Crippen molar-refractivity contribution in [3.8, 4) is 22.9 Å². The highest BCUT2D eigenvalue weighted by atomic mass is 35.5. The molecule has 0 spiro atoms. The van der Waals surface area contributed by atoms with E-state index < -0.39 is 5.82 Å². The van der Waals surface area contributed by atoms with Crippen LogP contribution >= 0.6 is 11.6 Å². The zero-order valence-corrected chi connectivity index (χ0v) is 23.1. The van der Waals surface area contributed by atoms with Gasteiger partial charge < -0.3 is 25.0 Å². The summed E-state index contributed by atoms with van der Waals surface area (Å²) in [5.41, 5.74) is 0.923. The number of hydrogen-bond donors (Lipinski definition) is 2. The van der Waals surface area contributed by atoms with Crippen LogP contribution in [-0.2, 0) is 0 Å². The summed E-state index contributed by atoms with van der Waals surface area (Å²) in [5.74, 6) is 0.187. The zero-order valence-electron chi connectivity index (χ0n) is 22.4. The number of fused-ring (bicyclic) bond motifs is 6. The summed E-state index contributed by atoms with van der Waals surface area (Å²) in [6.07, 6.45) is 5.41. The third-order valence-corrected chi connectivity index (χ3v) is 8.92. The number of phenolic OH excluding ortho intramolecular Hbond substituents is 1. The molecule has 0 saturated carbocycles. The number of anilines is 1. The Morgan fingerprint density at radius 1 is 1.07 bits per heavy atom. The first kappa shape index (κ1) is 25.7. The Morgan fingerprint density at radius 2 is 1.95 bits per heavy atom. The molecule has 7 nitrogen and oxygen atoms in total. The van der Waals surface area contributed by atoms with E-state index in [1.807, 2.05) is 24.3 Å². The second kappa shape index (κ2) is 10.7. The minimum absolute atomic E-state index is 0.0481. The summed E-state index contributed by atoms with van der Waals surface area (Å²) in [6.45, 7) is 5.38. The number of phenols is 1. The van der Waals surface area contributed by atoms with E-state index in [1.54, 1.807) is 18.2 Å². The average Bonchev–Trinajstić information content (AvgIpc) is 3.28. The van der Waals surface area contributed by atoms with Crippen LogP contribution in [0.3, 0.4) is 0 Å². The van der Waals surface area contributed by atoms with Crippen molar-refractivity contribution in [1.82, 2.24) is 20.2 Å². The van der Waals surface area contributed by atoms with Gasteiger partial charge in [0.2, 0.25) is 0 Å². The van der Waals surface area contributed by atoms with Gasteiger partial charge >= 0.3 is 6.01 Å². The Bertz CT molecular complexity index is 1580. The van der Waals surface area contributed by atoms with E-state index in [0.29, 0.717) is 29.4 Å². The minimum atomic E-state index is -0.537. The summed E-state index contributed by atoms with van der Waals surface area (Å²) in [7, 11) is 0. The number of piperazine rings is 1. The maximum absolute atomic E-state index is 16.7. The smallest absolute Gasteiger partial charge is 0.319 e. The predicted octanol–water partition coefficient (Wildman–Crippen LogP) is 5.75. The van der Waals surface area contributed by atoms with Crippen molar-refractivity contribution in [2.75, 3.05) is 44.2 Å². The summed E-state index contributed by atoms with van der Waals surface area (Å²) < 4.78 is 22.7. The van der Waals surface area contributed by atoms with Crippen LogP contribution in [0.2, 0.25) is 5.02 Å². The maximum Gasteiger partial charge on any atom is 0.319 e. The molecule has 3 aromatic carbocycles. The van der Waals surface area contributed by atoms with Crippen LogP contribution in [-0.4, -0.2) is 71.4 Å². The van der Waals surface area contributed by atoms with Gasteiger partial charge in [-0.2, -0.15) is 9.97 Å². The van der Waals surface area contributed by atoms with Gasteiger partial charge in [-0.15, -0.1) is 0 Å². The molecule has 0 radical (unpaired) electrons. The number of likely N-dealkylation sites (tertiary alicyclic amines) is 1. The summed E-state index contributed by atoms with van der Waals surface area (Å²) >= 11 is 6.87. The molecule has 0 aliphatic carbocycles. The summed E-state index contributed by atoms with van der Waals surface area (Å²) in [4.78, 5) is 14.2. The highest BCUT2D eigenvalue weighted by molar-refractivity contribution is 6.35. The molecule has 2 atom stereocenters. The van der Waals surface area contributed by atoms with E-state index in [1.165, 1.54) is 6.42 Å². The molecule has 2 N–H and O–H groups in total. The number of hydrogen-bond acceptors (Lipinski definition) is 7. The fourth-order valence-electron chi connectivity index (χ4n) is 6.42. The van der Waals surface area contributed by atoms with Gasteiger partial charge in [-0.05, 0) is 79.7 Å². The molecule has 9 heteroatoms. The molecule has 5 heterocycles. The molecule has 4 aliphatic heterocycles. The third-order valence-electron chi connectivity index (χ3n) is 8.62. The lowest BCUT2D eigenvalue weighted by Crippen LogP contribution is -2.54. The van der Waals surface area contributed by atoms with E-state index in [2.05, 4.69) is 20.1 Å². The molecule has 4 fully saturated rings. The molecule has 8 rings (SSSR count). The Hall–Kier alpha value is -3.20. The molecular weight excluding hydrogens is 529 g/mol. The summed E-state index contributed by atoms with van der Waals surface area (Å²) in [6, 6.07) is 13.4. The van der Waals surface area contributed by atoms with E-state index in [-0.39, 0.29) is 33.9 Å². The molecule has 4 aromatic rings. The number of rotatable bonds is 7. The SMILES string of the molecule is Oc1cc(-c2c(Cl)cc3c(N4CC5CCCC4CN5)nc(OCCCN4CCC4)nc3c2F)c2ccccc2c1. The maximum atomic E-state index is 16.7. The van der Waals surface area contributed by atoms with Crippen molar-refractivity contribution in [1.29, 1.82) is 0 Å². The second-order valence-corrected chi connectivity index (χ2v) is 11.6. The highest BCUT2D eigenvalue weighted by Crippen LogP contribution is 2.43. The van der Waals surface area contributed by atoms with Crippen LogP contribution in [0, 0.1) is 5.82 Å². The van der Waals surface area contributed by atoms with E-state index in [4.69, 9.17) is 21.3 Å². The molecular formula is C31H33ClFN5O2. The van der Waals surface area contributed by atoms with E-state index >= 15 is 4.39 Å². The molecule has 0 amide bonds. The van der Waals surface area contributed by atoms with Crippen molar-refractivity contribution in [3.63, 3.8) is 0 Å². The molecule has 208 valence electrons. The van der Waals surface area contributed by atoms with Crippen molar-refractivity contribution in [2.45, 2.75) is 44.2 Å². The fraction of sp³-hybridized carbons (Fsp3) is 0.419. The number of benzene rings is 3. The van der Waals surface area contributed by atoms with Crippen molar-refractivity contribution in [2.24, 2.45) is 0 Å². The van der Waals surface area contributed by atoms with Gasteiger partial charge in [0.25, 0.3) is 0 Å². The predicted molar refractivity (Wildman–Crippen MR) is 157 cm³/mol. The topological polar surface area (TPSA) is 73.8 Å². The monoisotopic (exact) mass is 561 g/mol. The molecule has 2 bridgehead atoms. The Balaban J connectivity index is 1.35. The van der Waals surface area contributed by atoms with Gasteiger partial charge in [-0.25, -0.2) is 4.39 Å². The van der Waals surface area contributed by atoms with E-state index in [9.17, 15) is 5.11 Å². The van der Waals surface area contributed by atoms with Crippen LogP contribution in [0.1, 0.15) is 32.1 Å². The number of aromatic nitrogens is 2. The Kier molecular flexibility index (Phi) is 6.86.